The molecule has 0 unspecified atom stereocenters. The summed E-state index contributed by atoms with van der Waals surface area (Å²) in [6.07, 6.45) is -4.96. The molecule has 2 rings (SSSR count). The zero-order valence-electron chi connectivity index (χ0n) is 14.8. The Bertz CT molecular complexity index is 742. The lowest BCUT2D eigenvalue weighted by Crippen LogP contribution is -2.48. The predicted molar refractivity (Wildman–Crippen MR) is 90.7 cm³/mol. The van der Waals surface area contributed by atoms with Gasteiger partial charge in [-0.3, -0.25) is 4.79 Å². The molecule has 0 aromatic heterocycles. The average molecular weight is 410 g/mol. The highest BCUT2D eigenvalue weighted by atomic mass is 32.2. The highest BCUT2D eigenvalue weighted by molar-refractivity contribution is 7.89. The third kappa shape index (κ3) is 6.45. The van der Waals surface area contributed by atoms with Gasteiger partial charge in [0, 0.05) is 18.8 Å². The van der Waals surface area contributed by atoms with Crippen molar-refractivity contribution < 1.29 is 35.9 Å². The lowest BCUT2D eigenvalue weighted by atomic mass is 10.3. The number of hydrogen-bond donors (Lipinski definition) is 1. The molecule has 1 aliphatic rings. The SMILES string of the molecule is C[C@@H]1CN(S(=O)(=O)c2ccc(NC(=O)COCC(F)(F)F)cc2)C[C@H](C)O1. The van der Waals surface area contributed by atoms with Crippen LogP contribution in [0.3, 0.4) is 0 Å². The first-order valence-electron chi connectivity index (χ1n) is 8.17. The molecule has 2 atom stereocenters. The van der Waals surface area contributed by atoms with Crippen molar-refractivity contribution in [2.24, 2.45) is 0 Å². The van der Waals surface area contributed by atoms with Crippen molar-refractivity contribution in [1.82, 2.24) is 4.31 Å². The molecule has 27 heavy (non-hydrogen) atoms. The number of anilines is 1. The minimum atomic E-state index is -4.51. The Morgan fingerprint density at radius 3 is 2.30 bits per heavy atom. The standard InChI is InChI=1S/C16H21F3N2O5S/c1-11-7-21(8-12(2)26-11)27(23,24)14-5-3-13(4-6-14)20-15(22)9-25-10-16(17,18)19/h3-6,11-12H,7-10H2,1-2H3,(H,20,22)/t11-,12+. The highest BCUT2D eigenvalue weighted by Crippen LogP contribution is 2.22. The van der Waals surface area contributed by atoms with Crippen LogP contribution in [0, 0.1) is 0 Å². The maximum absolute atomic E-state index is 12.7. The van der Waals surface area contributed by atoms with Crippen molar-refractivity contribution in [3.05, 3.63) is 24.3 Å². The van der Waals surface area contributed by atoms with Crippen molar-refractivity contribution in [2.75, 3.05) is 31.6 Å². The Morgan fingerprint density at radius 2 is 1.78 bits per heavy atom. The average Bonchev–Trinajstić information content (AvgIpc) is 2.53. The number of benzene rings is 1. The number of halogens is 3. The minimum absolute atomic E-state index is 0.0510. The van der Waals surface area contributed by atoms with Crippen molar-refractivity contribution in [3.63, 3.8) is 0 Å². The molecule has 0 saturated carbocycles. The zero-order chi connectivity index (χ0) is 20.2. The van der Waals surface area contributed by atoms with Gasteiger partial charge in [-0.05, 0) is 38.1 Å². The number of nitrogens with zero attached hydrogens (tertiary/aromatic N) is 1. The van der Waals surface area contributed by atoms with E-state index in [9.17, 15) is 26.4 Å². The van der Waals surface area contributed by atoms with Gasteiger partial charge in [-0.1, -0.05) is 0 Å². The molecule has 0 radical (unpaired) electrons. The van der Waals surface area contributed by atoms with Crippen molar-refractivity contribution in [2.45, 2.75) is 37.1 Å². The molecule has 0 aliphatic carbocycles. The smallest absolute Gasteiger partial charge is 0.373 e. The van der Waals surface area contributed by atoms with Crippen molar-refractivity contribution in [3.8, 4) is 0 Å². The maximum Gasteiger partial charge on any atom is 0.411 e. The van der Waals surface area contributed by atoms with E-state index in [0.717, 1.165) is 0 Å². The van der Waals surface area contributed by atoms with Crippen LogP contribution in [0.1, 0.15) is 13.8 Å². The first kappa shape index (κ1) is 21.6. The number of ether oxygens (including phenoxy) is 2. The van der Waals surface area contributed by atoms with Gasteiger partial charge < -0.3 is 14.8 Å². The molecule has 0 bridgehead atoms. The number of morpholine rings is 1. The number of carbonyl (C=O) groups excluding carboxylic acids is 1. The number of carbonyl (C=O) groups is 1. The summed E-state index contributed by atoms with van der Waals surface area (Å²) in [6.45, 7) is 1.77. The van der Waals surface area contributed by atoms with Gasteiger partial charge in [-0.2, -0.15) is 17.5 Å². The summed E-state index contributed by atoms with van der Waals surface area (Å²) in [5.74, 6) is -0.773. The number of nitrogens with one attached hydrogen (secondary N) is 1. The summed E-state index contributed by atoms with van der Waals surface area (Å²) in [6, 6.07) is 5.38. The second-order valence-corrected chi connectivity index (χ2v) is 8.20. The van der Waals surface area contributed by atoms with Gasteiger partial charge in [0.05, 0.1) is 17.1 Å². The second-order valence-electron chi connectivity index (χ2n) is 6.26. The van der Waals surface area contributed by atoms with E-state index in [-0.39, 0.29) is 35.9 Å². The minimum Gasteiger partial charge on any atom is -0.373 e. The van der Waals surface area contributed by atoms with Crippen LogP contribution in [-0.2, 0) is 24.3 Å². The van der Waals surface area contributed by atoms with Crippen LogP contribution in [0.5, 0.6) is 0 Å². The molecule has 1 saturated heterocycles. The molecule has 152 valence electrons. The van der Waals surface area contributed by atoms with Crippen LogP contribution in [0.15, 0.2) is 29.2 Å². The van der Waals surface area contributed by atoms with Gasteiger partial charge >= 0.3 is 6.18 Å². The first-order valence-corrected chi connectivity index (χ1v) is 9.61. The number of amides is 1. The molecule has 7 nitrogen and oxygen atoms in total. The van der Waals surface area contributed by atoms with E-state index in [1.54, 1.807) is 13.8 Å². The molecule has 1 aromatic carbocycles. The van der Waals surface area contributed by atoms with Gasteiger partial charge in [-0.15, -0.1) is 0 Å². The molecule has 0 spiro atoms. The van der Waals surface area contributed by atoms with Crippen molar-refractivity contribution in [1.29, 1.82) is 0 Å². The van der Waals surface area contributed by atoms with Crippen LogP contribution in [0.25, 0.3) is 0 Å². The second kappa shape index (κ2) is 8.55. The van der Waals surface area contributed by atoms with Gasteiger partial charge in [0.1, 0.15) is 13.2 Å². The summed E-state index contributed by atoms with van der Waals surface area (Å²) in [5, 5.41) is 2.34. The normalized spacial score (nSPS) is 21.8. The molecular weight excluding hydrogens is 389 g/mol. The Balaban J connectivity index is 1.97. The monoisotopic (exact) mass is 410 g/mol. The molecule has 1 amide bonds. The van der Waals surface area contributed by atoms with E-state index in [4.69, 9.17) is 4.74 Å². The van der Waals surface area contributed by atoms with E-state index < -0.39 is 35.3 Å². The highest BCUT2D eigenvalue weighted by Gasteiger charge is 2.32. The van der Waals surface area contributed by atoms with Crippen LogP contribution in [0.4, 0.5) is 18.9 Å². The van der Waals surface area contributed by atoms with Gasteiger partial charge in [-0.25, -0.2) is 8.42 Å². The Morgan fingerprint density at radius 1 is 1.22 bits per heavy atom. The van der Waals surface area contributed by atoms with Crippen molar-refractivity contribution >= 4 is 21.6 Å². The quantitative estimate of drug-likeness (QED) is 0.776. The molecular formula is C16H21F3N2O5S. The van der Waals surface area contributed by atoms with E-state index >= 15 is 0 Å². The molecule has 1 aromatic rings. The third-order valence-corrected chi connectivity index (χ3v) is 5.51. The van der Waals surface area contributed by atoms with Gasteiger partial charge in [0.25, 0.3) is 0 Å². The number of alkyl halides is 3. The number of sulfonamides is 1. The van der Waals surface area contributed by atoms with Gasteiger partial charge in [0.2, 0.25) is 15.9 Å². The fourth-order valence-corrected chi connectivity index (χ4v) is 4.23. The Hall–Kier alpha value is -1.69. The fourth-order valence-electron chi connectivity index (χ4n) is 2.64. The molecule has 1 fully saturated rings. The van der Waals surface area contributed by atoms with Crippen LogP contribution in [-0.4, -0.2) is 63.3 Å². The molecule has 11 heteroatoms. The molecule has 1 heterocycles. The topological polar surface area (TPSA) is 84.9 Å². The van der Waals surface area contributed by atoms with E-state index in [1.807, 2.05) is 0 Å². The predicted octanol–water partition coefficient (Wildman–Crippen LogP) is 2.00. The fraction of sp³-hybridized carbons (Fsp3) is 0.562. The molecule has 1 aliphatic heterocycles. The van der Waals surface area contributed by atoms with Gasteiger partial charge in [0.15, 0.2) is 0 Å². The van der Waals surface area contributed by atoms with Crippen LogP contribution < -0.4 is 5.32 Å². The summed E-state index contributed by atoms with van der Waals surface area (Å²) in [5.41, 5.74) is 0.248. The zero-order valence-corrected chi connectivity index (χ0v) is 15.6. The summed E-state index contributed by atoms with van der Waals surface area (Å²) in [4.78, 5) is 11.6. The van der Waals surface area contributed by atoms with Crippen LogP contribution in [0.2, 0.25) is 0 Å². The maximum atomic E-state index is 12.7. The van der Waals surface area contributed by atoms with Crippen LogP contribution >= 0.6 is 0 Å². The van der Waals surface area contributed by atoms with E-state index in [0.29, 0.717) is 0 Å². The Labute approximate surface area is 155 Å². The summed E-state index contributed by atoms with van der Waals surface area (Å²) >= 11 is 0. The van der Waals surface area contributed by atoms with E-state index in [1.165, 1.54) is 28.6 Å². The molecule has 1 N–H and O–H groups in total. The van der Waals surface area contributed by atoms with E-state index in [2.05, 4.69) is 10.1 Å². The first-order chi connectivity index (χ1) is 12.5. The Kier molecular flexibility index (Phi) is 6.84. The summed E-state index contributed by atoms with van der Waals surface area (Å²) < 4.78 is 72.4. The summed E-state index contributed by atoms with van der Waals surface area (Å²) in [7, 11) is -3.71. The number of rotatable bonds is 6. The number of hydrogen-bond acceptors (Lipinski definition) is 5. The lowest BCUT2D eigenvalue weighted by molar-refractivity contribution is -0.174. The third-order valence-electron chi connectivity index (χ3n) is 3.66. The largest absolute Gasteiger partial charge is 0.411 e. The lowest BCUT2D eigenvalue weighted by Gasteiger charge is -2.34.